The third kappa shape index (κ3) is 4.17. The summed E-state index contributed by atoms with van der Waals surface area (Å²) < 4.78 is 7.33. The largest absolute Gasteiger partial charge is 0.497 e. The van der Waals surface area contributed by atoms with E-state index in [9.17, 15) is 4.79 Å². The number of thioether (sulfide) groups is 1. The molecule has 3 N–H and O–H groups in total. The van der Waals surface area contributed by atoms with Gasteiger partial charge in [0.05, 0.1) is 18.6 Å². The lowest BCUT2D eigenvalue weighted by atomic mass is 10.2. The molecule has 1 aromatic heterocycles. The number of para-hydroxylation sites is 1. The Hall–Kier alpha value is -2.52. The van der Waals surface area contributed by atoms with Crippen LogP contribution in [0.2, 0.25) is 0 Å². The number of carbonyl (C=O) groups is 1. The van der Waals surface area contributed by atoms with E-state index in [0.29, 0.717) is 16.7 Å². The van der Waals surface area contributed by atoms with E-state index in [1.807, 2.05) is 48.5 Å². The molecule has 1 amide bonds. The topological polar surface area (TPSA) is 95.1 Å². The molecule has 0 aliphatic carbocycles. The minimum atomic E-state index is -0.157. The van der Waals surface area contributed by atoms with Gasteiger partial charge in [-0.15, -0.1) is 10.2 Å². The molecule has 3 rings (SSSR count). The van der Waals surface area contributed by atoms with Crippen molar-refractivity contribution in [2.75, 3.05) is 24.0 Å². The first-order chi connectivity index (χ1) is 12.6. The third-order valence-electron chi connectivity index (χ3n) is 3.49. The highest BCUT2D eigenvalue weighted by atomic mass is 79.9. The molecule has 0 unspecified atom stereocenters. The second kappa shape index (κ2) is 8.24. The molecule has 134 valence electrons. The van der Waals surface area contributed by atoms with Crippen LogP contribution in [0.15, 0.2) is 58.2 Å². The molecular formula is C17H16BrN5O2S. The lowest BCUT2D eigenvalue weighted by Crippen LogP contribution is -2.16. The van der Waals surface area contributed by atoms with Gasteiger partial charge in [0.15, 0.2) is 5.82 Å². The molecule has 9 heteroatoms. The number of benzene rings is 2. The first-order valence-corrected chi connectivity index (χ1v) is 9.38. The lowest BCUT2D eigenvalue weighted by molar-refractivity contribution is -0.113. The summed E-state index contributed by atoms with van der Waals surface area (Å²) in [6.07, 6.45) is 0. The highest BCUT2D eigenvalue weighted by molar-refractivity contribution is 9.10. The van der Waals surface area contributed by atoms with Crippen LogP contribution in [0.5, 0.6) is 5.75 Å². The number of nitrogen functional groups attached to an aromatic ring is 1. The summed E-state index contributed by atoms with van der Waals surface area (Å²) in [5.41, 5.74) is 1.52. The highest BCUT2D eigenvalue weighted by Gasteiger charge is 2.14. The summed E-state index contributed by atoms with van der Waals surface area (Å²) in [5, 5.41) is 11.5. The van der Waals surface area contributed by atoms with Gasteiger partial charge in [0.2, 0.25) is 11.1 Å². The fraction of sp³-hybridized carbons (Fsp3) is 0.118. The summed E-state index contributed by atoms with van der Waals surface area (Å²) >= 11 is 4.61. The number of aromatic nitrogens is 3. The van der Waals surface area contributed by atoms with E-state index < -0.39 is 0 Å². The van der Waals surface area contributed by atoms with Crippen molar-refractivity contribution in [2.45, 2.75) is 5.16 Å². The number of nitrogens with two attached hydrogens (primary N) is 1. The normalized spacial score (nSPS) is 10.5. The van der Waals surface area contributed by atoms with E-state index in [2.05, 4.69) is 31.4 Å². The molecule has 2 aromatic carbocycles. The van der Waals surface area contributed by atoms with Gasteiger partial charge in [-0.1, -0.05) is 23.9 Å². The van der Waals surface area contributed by atoms with Gasteiger partial charge in [-0.2, -0.15) is 0 Å². The molecule has 3 aromatic rings. The summed E-state index contributed by atoms with van der Waals surface area (Å²) in [6.45, 7) is 0. The zero-order valence-corrected chi connectivity index (χ0v) is 16.3. The Kier molecular flexibility index (Phi) is 5.79. The van der Waals surface area contributed by atoms with E-state index >= 15 is 0 Å². The Morgan fingerprint density at radius 2 is 1.96 bits per heavy atom. The SMILES string of the molecule is COc1ccc(-c2nnc(SCC(=O)Nc3ccccc3Br)n2N)cc1. The van der Waals surface area contributed by atoms with Crippen LogP contribution in [0.25, 0.3) is 11.4 Å². The predicted molar refractivity (Wildman–Crippen MR) is 106 cm³/mol. The fourth-order valence-corrected chi connectivity index (χ4v) is 3.23. The molecule has 0 saturated heterocycles. The maximum atomic E-state index is 12.1. The number of nitrogens with zero attached hydrogens (tertiary/aromatic N) is 3. The van der Waals surface area contributed by atoms with Crippen LogP contribution in [0, 0.1) is 0 Å². The Balaban J connectivity index is 1.64. The molecule has 1 heterocycles. The van der Waals surface area contributed by atoms with Gasteiger partial charge in [-0.05, 0) is 52.3 Å². The Morgan fingerprint density at radius 1 is 1.23 bits per heavy atom. The number of hydrogen-bond donors (Lipinski definition) is 2. The lowest BCUT2D eigenvalue weighted by Gasteiger charge is -2.07. The average molecular weight is 434 g/mol. The maximum Gasteiger partial charge on any atom is 0.234 e. The van der Waals surface area contributed by atoms with Gasteiger partial charge in [-0.3, -0.25) is 4.79 Å². The average Bonchev–Trinajstić information content (AvgIpc) is 3.02. The predicted octanol–water partition coefficient (Wildman–Crippen LogP) is 3.16. The van der Waals surface area contributed by atoms with Crippen molar-refractivity contribution in [2.24, 2.45) is 0 Å². The molecular weight excluding hydrogens is 418 g/mol. The van der Waals surface area contributed by atoms with Crippen LogP contribution in [0.3, 0.4) is 0 Å². The quantitative estimate of drug-likeness (QED) is 0.457. The van der Waals surface area contributed by atoms with Crippen LogP contribution in [-0.4, -0.2) is 33.6 Å². The van der Waals surface area contributed by atoms with Crippen LogP contribution >= 0.6 is 27.7 Å². The monoisotopic (exact) mass is 433 g/mol. The van der Waals surface area contributed by atoms with Gasteiger partial charge in [0.25, 0.3) is 0 Å². The minimum Gasteiger partial charge on any atom is -0.497 e. The van der Waals surface area contributed by atoms with Crippen molar-refractivity contribution in [3.05, 3.63) is 53.0 Å². The zero-order valence-electron chi connectivity index (χ0n) is 13.8. The Morgan fingerprint density at radius 3 is 2.65 bits per heavy atom. The van der Waals surface area contributed by atoms with Crippen LogP contribution in [0.4, 0.5) is 5.69 Å². The van der Waals surface area contributed by atoms with E-state index in [1.165, 1.54) is 16.4 Å². The molecule has 0 aliphatic rings. The summed E-state index contributed by atoms with van der Waals surface area (Å²) in [7, 11) is 1.61. The number of hydrogen-bond acceptors (Lipinski definition) is 6. The second-order valence-corrected chi connectivity index (χ2v) is 7.02. The molecule has 0 spiro atoms. The van der Waals surface area contributed by atoms with Crippen molar-refractivity contribution >= 4 is 39.3 Å². The Labute approximate surface area is 163 Å². The summed E-state index contributed by atoms with van der Waals surface area (Å²) in [4.78, 5) is 12.1. The molecule has 0 fully saturated rings. The summed E-state index contributed by atoms with van der Waals surface area (Å²) in [5.74, 6) is 7.34. The standard InChI is InChI=1S/C17H16BrN5O2S/c1-25-12-8-6-11(7-9-12)16-21-22-17(23(16)19)26-10-15(24)20-14-5-3-2-4-13(14)18/h2-9H,10,19H2,1H3,(H,20,24). The van der Waals surface area contributed by atoms with Crippen molar-refractivity contribution in [1.29, 1.82) is 0 Å². The van der Waals surface area contributed by atoms with Gasteiger partial charge in [-0.25, -0.2) is 4.68 Å². The maximum absolute atomic E-state index is 12.1. The first-order valence-electron chi connectivity index (χ1n) is 7.60. The molecule has 0 radical (unpaired) electrons. The van der Waals surface area contributed by atoms with Gasteiger partial charge < -0.3 is 15.9 Å². The van der Waals surface area contributed by atoms with Gasteiger partial charge in [0, 0.05) is 10.0 Å². The van der Waals surface area contributed by atoms with Crippen molar-refractivity contribution in [3.63, 3.8) is 0 Å². The molecule has 0 saturated carbocycles. The number of methoxy groups -OCH3 is 1. The van der Waals surface area contributed by atoms with Crippen LogP contribution < -0.4 is 15.9 Å². The van der Waals surface area contributed by atoms with E-state index in [-0.39, 0.29) is 11.7 Å². The second-order valence-electron chi connectivity index (χ2n) is 5.22. The molecule has 0 atom stereocenters. The van der Waals surface area contributed by atoms with E-state index in [4.69, 9.17) is 10.6 Å². The van der Waals surface area contributed by atoms with E-state index in [0.717, 1.165) is 15.8 Å². The molecule has 0 bridgehead atoms. The van der Waals surface area contributed by atoms with Crippen molar-refractivity contribution in [1.82, 2.24) is 14.9 Å². The molecule has 26 heavy (non-hydrogen) atoms. The summed E-state index contributed by atoms with van der Waals surface area (Å²) in [6, 6.07) is 14.8. The number of halogens is 1. The number of ether oxygens (including phenoxy) is 1. The Bertz CT molecular complexity index is 914. The number of nitrogens with one attached hydrogen (secondary N) is 1. The van der Waals surface area contributed by atoms with Crippen LogP contribution in [0.1, 0.15) is 0 Å². The van der Waals surface area contributed by atoms with E-state index in [1.54, 1.807) is 7.11 Å². The minimum absolute atomic E-state index is 0.157. The van der Waals surface area contributed by atoms with Crippen molar-refractivity contribution < 1.29 is 9.53 Å². The van der Waals surface area contributed by atoms with Gasteiger partial charge >= 0.3 is 0 Å². The third-order valence-corrected chi connectivity index (χ3v) is 5.13. The number of rotatable bonds is 6. The number of amides is 1. The smallest absolute Gasteiger partial charge is 0.234 e. The molecule has 0 aliphatic heterocycles. The zero-order chi connectivity index (χ0) is 18.5. The highest BCUT2D eigenvalue weighted by Crippen LogP contribution is 2.24. The first kappa shape index (κ1) is 18.3. The molecule has 7 nitrogen and oxygen atoms in total. The van der Waals surface area contributed by atoms with Crippen LogP contribution in [-0.2, 0) is 4.79 Å². The fourth-order valence-electron chi connectivity index (χ4n) is 2.19. The van der Waals surface area contributed by atoms with Gasteiger partial charge in [0.1, 0.15) is 5.75 Å². The number of anilines is 1. The number of carbonyl (C=O) groups excluding carboxylic acids is 1. The van der Waals surface area contributed by atoms with Crippen molar-refractivity contribution in [3.8, 4) is 17.1 Å².